The van der Waals surface area contributed by atoms with Crippen molar-refractivity contribution in [2.45, 2.75) is 57.0 Å². The van der Waals surface area contributed by atoms with Crippen molar-refractivity contribution in [3.05, 3.63) is 29.8 Å². The largest absolute Gasteiger partial charge is 0.374 e. The molecule has 2 N–H and O–H groups in total. The molecular formula is C19H25F2N3O2. The van der Waals surface area contributed by atoms with Crippen LogP contribution in [-0.2, 0) is 9.59 Å². The third kappa shape index (κ3) is 4.03. The molecular weight excluding hydrogens is 340 g/mol. The monoisotopic (exact) mass is 365 g/mol. The molecule has 0 bridgehead atoms. The predicted octanol–water partition coefficient (Wildman–Crippen LogP) is 2.74. The average Bonchev–Trinajstić information content (AvgIpc) is 2.57. The molecule has 2 amide bonds. The van der Waals surface area contributed by atoms with Gasteiger partial charge in [-0.05, 0) is 50.9 Å². The summed E-state index contributed by atoms with van der Waals surface area (Å²) in [6, 6.07) is 6.50. The molecule has 2 fully saturated rings. The first kappa shape index (κ1) is 18.8. The minimum absolute atomic E-state index is 0.113. The second-order valence-corrected chi connectivity index (χ2v) is 7.44. The van der Waals surface area contributed by atoms with Crippen LogP contribution < -0.4 is 10.6 Å². The van der Waals surface area contributed by atoms with Gasteiger partial charge in [0, 0.05) is 18.2 Å². The maximum absolute atomic E-state index is 14.6. The lowest BCUT2D eigenvalue weighted by atomic mass is 9.85. The number of rotatable bonds is 4. The molecule has 2 saturated heterocycles. The van der Waals surface area contributed by atoms with Crippen molar-refractivity contribution < 1.29 is 18.4 Å². The van der Waals surface area contributed by atoms with Gasteiger partial charge in [0.25, 0.3) is 5.92 Å². The molecule has 1 aromatic rings. The van der Waals surface area contributed by atoms with Gasteiger partial charge in [-0.1, -0.05) is 12.1 Å². The van der Waals surface area contributed by atoms with E-state index in [-0.39, 0.29) is 24.4 Å². The van der Waals surface area contributed by atoms with Crippen LogP contribution in [-0.4, -0.2) is 47.8 Å². The normalized spacial score (nSPS) is 26.7. The highest BCUT2D eigenvalue weighted by Crippen LogP contribution is 2.41. The number of piperidine rings is 2. The van der Waals surface area contributed by atoms with Crippen molar-refractivity contribution in [1.29, 1.82) is 0 Å². The maximum atomic E-state index is 14.6. The average molecular weight is 365 g/mol. The van der Waals surface area contributed by atoms with E-state index >= 15 is 0 Å². The number of carbonyl (C=O) groups is 2. The number of imide groups is 1. The number of nitrogens with zero attached hydrogens (tertiary/aromatic N) is 1. The molecule has 0 aromatic heterocycles. The number of halogens is 2. The van der Waals surface area contributed by atoms with E-state index in [0.717, 1.165) is 0 Å². The standard InChI is InChI=1S/C19H25F2N3O2/c1-12(2)24-10-9-15(19(20,21)11-24)13-3-5-14(6-4-13)22-16-7-8-17(25)23-18(16)26/h3-6,12,15-16,22H,7-11H2,1-2H3,(H,23,25,26). The molecule has 5 nitrogen and oxygen atoms in total. The van der Waals surface area contributed by atoms with Crippen LogP contribution in [0.4, 0.5) is 14.5 Å². The lowest BCUT2D eigenvalue weighted by Crippen LogP contribution is -2.49. The van der Waals surface area contributed by atoms with E-state index in [9.17, 15) is 18.4 Å². The first-order valence-electron chi connectivity index (χ1n) is 9.08. The molecule has 0 saturated carbocycles. The van der Waals surface area contributed by atoms with Gasteiger partial charge in [0.15, 0.2) is 0 Å². The summed E-state index contributed by atoms with van der Waals surface area (Å²) in [7, 11) is 0. The van der Waals surface area contributed by atoms with Crippen LogP contribution in [0.15, 0.2) is 24.3 Å². The third-order valence-corrected chi connectivity index (χ3v) is 5.25. The summed E-state index contributed by atoms with van der Waals surface area (Å²) in [4.78, 5) is 24.8. The van der Waals surface area contributed by atoms with Gasteiger partial charge in [0.2, 0.25) is 11.8 Å². The highest BCUT2D eigenvalue weighted by molar-refractivity contribution is 6.01. The van der Waals surface area contributed by atoms with Crippen LogP contribution in [0.5, 0.6) is 0 Å². The molecule has 3 rings (SSSR count). The summed E-state index contributed by atoms with van der Waals surface area (Å²) in [5.41, 5.74) is 1.30. The van der Waals surface area contributed by atoms with Gasteiger partial charge >= 0.3 is 0 Å². The van der Waals surface area contributed by atoms with Crippen LogP contribution in [0.3, 0.4) is 0 Å². The molecule has 2 aliphatic heterocycles. The summed E-state index contributed by atoms with van der Waals surface area (Å²) >= 11 is 0. The fourth-order valence-electron chi connectivity index (χ4n) is 3.66. The van der Waals surface area contributed by atoms with Crippen molar-refractivity contribution >= 4 is 17.5 Å². The Morgan fingerprint density at radius 1 is 1.19 bits per heavy atom. The van der Waals surface area contributed by atoms with E-state index < -0.39 is 17.9 Å². The fourth-order valence-corrected chi connectivity index (χ4v) is 3.66. The number of hydrogen-bond donors (Lipinski definition) is 2. The second kappa shape index (κ2) is 7.31. The van der Waals surface area contributed by atoms with Crippen LogP contribution in [0.2, 0.25) is 0 Å². The molecule has 2 unspecified atom stereocenters. The maximum Gasteiger partial charge on any atom is 0.267 e. The third-order valence-electron chi connectivity index (χ3n) is 5.25. The Labute approximate surface area is 152 Å². The van der Waals surface area contributed by atoms with Gasteiger partial charge in [-0.15, -0.1) is 0 Å². The van der Waals surface area contributed by atoms with Gasteiger partial charge in [-0.3, -0.25) is 19.8 Å². The van der Waals surface area contributed by atoms with Crippen LogP contribution >= 0.6 is 0 Å². The summed E-state index contributed by atoms with van der Waals surface area (Å²) in [6.07, 6.45) is 1.14. The van der Waals surface area contributed by atoms with E-state index in [1.165, 1.54) is 0 Å². The van der Waals surface area contributed by atoms with Crippen molar-refractivity contribution in [2.75, 3.05) is 18.4 Å². The van der Waals surface area contributed by atoms with E-state index in [0.29, 0.717) is 37.1 Å². The van der Waals surface area contributed by atoms with Crippen molar-refractivity contribution in [3.63, 3.8) is 0 Å². The lowest BCUT2D eigenvalue weighted by molar-refractivity contribution is -0.133. The molecule has 0 spiro atoms. The molecule has 2 aliphatic rings. The van der Waals surface area contributed by atoms with Gasteiger partial charge in [-0.2, -0.15) is 0 Å². The number of nitrogens with one attached hydrogen (secondary N) is 2. The molecule has 2 atom stereocenters. The van der Waals surface area contributed by atoms with E-state index in [4.69, 9.17) is 0 Å². The quantitative estimate of drug-likeness (QED) is 0.806. The molecule has 7 heteroatoms. The Hall–Kier alpha value is -2.02. The number of anilines is 1. The van der Waals surface area contributed by atoms with Gasteiger partial charge in [0.05, 0.1) is 12.5 Å². The number of alkyl halides is 2. The first-order valence-corrected chi connectivity index (χ1v) is 9.08. The molecule has 1 aromatic carbocycles. The van der Waals surface area contributed by atoms with E-state index in [1.54, 1.807) is 24.3 Å². The van der Waals surface area contributed by atoms with Crippen molar-refractivity contribution in [1.82, 2.24) is 10.2 Å². The predicted molar refractivity (Wildman–Crippen MR) is 95.3 cm³/mol. The number of benzene rings is 1. The van der Waals surface area contributed by atoms with Crippen LogP contribution in [0.1, 0.15) is 44.6 Å². The van der Waals surface area contributed by atoms with Crippen molar-refractivity contribution in [3.8, 4) is 0 Å². The first-order chi connectivity index (χ1) is 12.3. The minimum Gasteiger partial charge on any atom is -0.374 e. The Balaban J connectivity index is 1.66. The highest BCUT2D eigenvalue weighted by Gasteiger charge is 2.45. The second-order valence-electron chi connectivity index (χ2n) is 7.44. The SMILES string of the molecule is CC(C)N1CCC(c2ccc(NC3CCC(=O)NC3=O)cc2)C(F)(F)C1. The van der Waals surface area contributed by atoms with Gasteiger partial charge in [0.1, 0.15) is 6.04 Å². The Morgan fingerprint density at radius 2 is 1.88 bits per heavy atom. The lowest BCUT2D eigenvalue weighted by Gasteiger charge is -2.40. The number of likely N-dealkylation sites (tertiary alicyclic amines) is 1. The number of hydrogen-bond acceptors (Lipinski definition) is 4. The van der Waals surface area contributed by atoms with Crippen LogP contribution in [0.25, 0.3) is 0 Å². The molecule has 0 radical (unpaired) electrons. The summed E-state index contributed by atoms with van der Waals surface area (Å²) in [6.45, 7) is 4.32. The van der Waals surface area contributed by atoms with E-state index in [1.807, 2.05) is 18.7 Å². The van der Waals surface area contributed by atoms with Crippen LogP contribution in [0, 0.1) is 0 Å². The summed E-state index contributed by atoms with van der Waals surface area (Å²) < 4.78 is 29.2. The zero-order valence-electron chi connectivity index (χ0n) is 15.1. The summed E-state index contributed by atoms with van der Waals surface area (Å²) in [5, 5.41) is 5.36. The zero-order chi connectivity index (χ0) is 18.9. The smallest absolute Gasteiger partial charge is 0.267 e. The highest BCUT2D eigenvalue weighted by atomic mass is 19.3. The Bertz CT molecular complexity index is 676. The fraction of sp³-hybridized carbons (Fsp3) is 0.579. The minimum atomic E-state index is -2.76. The van der Waals surface area contributed by atoms with Gasteiger partial charge in [-0.25, -0.2) is 8.78 Å². The van der Waals surface area contributed by atoms with Gasteiger partial charge < -0.3 is 5.32 Å². The molecule has 142 valence electrons. The summed E-state index contributed by atoms with van der Waals surface area (Å²) in [5.74, 6) is -4.17. The number of carbonyl (C=O) groups excluding carboxylic acids is 2. The van der Waals surface area contributed by atoms with E-state index in [2.05, 4.69) is 10.6 Å². The topological polar surface area (TPSA) is 61.4 Å². The Kier molecular flexibility index (Phi) is 5.27. The molecule has 26 heavy (non-hydrogen) atoms. The number of amides is 2. The molecule has 0 aliphatic carbocycles. The Morgan fingerprint density at radius 3 is 2.46 bits per heavy atom. The van der Waals surface area contributed by atoms with Crippen molar-refractivity contribution in [2.24, 2.45) is 0 Å². The molecule has 2 heterocycles. The zero-order valence-corrected chi connectivity index (χ0v) is 15.1.